The van der Waals surface area contributed by atoms with Gasteiger partial charge in [-0.2, -0.15) is 0 Å². The molecule has 34 heavy (non-hydrogen) atoms. The van der Waals surface area contributed by atoms with Crippen LogP contribution in [-0.4, -0.2) is 42.5 Å². The van der Waals surface area contributed by atoms with Crippen molar-refractivity contribution in [3.05, 3.63) is 52.7 Å². The lowest BCUT2D eigenvalue weighted by Gasteiger charge is -2.34. The van der Waals surface area contributed by atoms with E-state index in [1.807, 2.05) is 45.0 Å². The van der Waals surface area contributed by atoms with Crippen molar-refractivity contribution in [1.82, 2.24) is 9.97 Å². The standard InChI is InChI=1S/C25H30N6O3/c1-14-11-18-13-27-25(26,31-22(18)24(28-14)30-19-7-9-33-10-8-19)20-6-5-17(12-21(20)32-4)23-15(2)29-16(3)34-23/h5-6,11-13,19,31H,7-10,26H2,1-4H3,(H,28,30). The highest BCUT2D eigenvalue weighted by molar-refractivity contribution is 5.94. The molecule has 0 amide bonds. The SMILES string of the molecule is COc1cc(-c2oc(C)nc2C)ccc1C1(N)N=Cc2cc(C)nc(NC3CCOCC3)c2N1. The molecule has 2 aliphatic rings. The van der Waals surface area contributed by atoms with E-state index in [4.69, 9.17) is 24.6 Å². The first-order valence-corrected chi connectivity index (χ1v) is 11.5. The number of nitrogens with one attached hydrogen (secondary N) is 2. The zero-order valence-electron chi connectivity index (χ0n) is 19.9. The third kappa shape index (κ3) is 4.12. The van der Waals surface area contributed by atoms with Crippen molar-refractivity contribution in [2.75, 3.05) is 31.0 Å². The summed E-state index contributed by atoms with van der Waals surface area (Å²) in [7, 11) is 1.62. The lowest BCUT2D eigenvalue weighted by molar-refractivity contribution is 0.0904. The number of nitrogens with two attached hydrogens (primary N) is 1. The first-order chi connectivity index (χ1) is 16.4. The van der Waals surface area contributed by atoms with Crippen molar-refractivity contribution in [3.63, 3.8) is 0 Å². The average molecular weight is 463 g/mol. The molecule has 2 aliphatic heterocycles. The Morgan fingerprint density at radius 2 is 1.94 bits per heavy atom. The molecule has 1 unspecified atom stereocenters. The van der Waals surface area contributed by atoms with E-state index in [0.717, 1.165) is 60.1 Å². The average Bonchev–Trinajstić information content (AvgIpc) is 3.17. The Morgan fingerprint density at radius 1 is 1.15 bits per heavy atom. The molecule has 1 atom stereocenters. The first-order valence-electron chi connectivity index (χ1n) is 11.5. The van der Waals surface area contributed by atoms with Crippen LogP contribution in [0.25, 0.3) is 11.3 Å². The molecule has 1 aromatic carbocycles. The summed E-state index contributed by atoms with van der Waals surface area (Å²) in [6, 6.07) is 8.05. The molecule has 9 nitrogen and oxygen atoms in total. The van der Waals surface area contributed by atoms with Gasteiger partial charge >= 0.3 is 0 Å². The van der Waals surface area contributed by atoms with Crippen molar-refractivity contribution in [2.24, 2.45) is 10.7 Å². The second-order valence-corrected chi connectivity index (χ2v) is 8.82. The van der Waals surface area contributed by atoms with Gasteiger partial charge < -0.3 is 24.5 Å². The summed E-state index contributed by atoms with van der Waals surface area (Å²) in [5.74, 6) is 1.47. The van der Waals surface area contributed by atoms with Crippen LogP contribution in [0.15, 0.2) is 33.7 Å². The monoisotopic (exact) mass is 462 g/mol. The quantitative estimate of drug-likeness (QED) is 0.523. The van der Waals surface area contributed by atoms with Gasteiger partial charge in [-0.15, -0.1) is 0 Å². The summed E-state index contributed by atoms with van der Waals surface area (Å²) in [6.45, 7) is 7.21. The number of aromatic nitrogens is 2. The Labute approximate surface area is 198 Å². The summed E-state index contributed by atoms with van der Waals surface area (Å²) >= 11 is 0. The van der Waals surface area contributed by atoms with Crippen LogP contribution < -0.4 is 21.1 Å². The molecule has 0 radical (unpaired) electrons. The van der Waals surface area contributed by atoms with Crippen molar-refractivity contribution in [3.8, 4) is 17.1 Å². The maximum absolute atomic E-state index is 6.83. The number of oxazole rings is 1. The fourth-order valence-electron chi connectivity index (χ4n) is 4.55. The van der Waals surface area contributed by atoms with E-state index in [9.17, 15) is 0 Å². The smallest absolute Gasteiger partial charge is 0.212 e. The number of ether oxygens (including phenoxy) is 2. The second-order valence-electron chi connectivity index (χ2n) is 8.82. The number of nitrogens with zero attached hydrogens (tertiary/aromatic N) is 3. The summed E-state index contributed by atoms with van der Waals surface area (Å²) in [5.41, 5.74) is 11.9. The number of hydrogen-bond acceptors (Lipinski definition) is 9. The summed E-state index contributed by atoms with van der Waals surface area (Å²) in [5, 5.41) is 7.02. The van der Waals surface area contributed by atoms with Crippen LogP contribution in [0.3, 0.4) is 0 Å². The number of aliphatic imine (C=N–C) groups is 1. The Bertz CT molecular complexity index is 1250. The van der Waals surface area contributed by atoms with Gasteiger partial charge in [0.2, 0.25) is 5.79 Å². The maximum Gasteiger partial charge on any atom is 0.212 e. The molecule has 178 valence electrons. The van der Waals surface area contributed by atoms with E-state index < -0.39 is 5.79 Å². The first kappa shape index (κ1) is 22.4. The van der Waals surface area contributed by atoms with Crippen LogP contribution in [-0.2, 0) is 10.5 Å². The minimum Gasteiger partial charge on any atom is -0.496 e. The van der Waals surface area contributed by atoms with Gasteiger partial charge in [0, 0.05) is 49.2 Å². The fraction of sp³-hybridized carbons (Fsp3) is 0.400. The number of aryl methyl sites for hydroxylation is 3. The maximum atomic E-state index is 6.83. The molecular formula is C25H30N6O3. The molecule has 0 aliphatic carbocycles. The number of fused-ring (bicyclic) bond motifs is 1. The van der Waals surface area contributed by atoms with Crippen LogP contribution >= 0.6 is 0 Å². The number of hydrogen-bond donors (Lipinski definition) is 3. The van der Waals surface area contributed by atoms with Crippen LogP contribution in [0, 0.1) is 20.8 Å². The largest absolute Gasteiger partial charge is 0.496 e. The predicted molar refractivity (Wildman–Crippen MR) is 131 cm³/mol. The molecule has 5 rings (SSSR count). The van der Waals surface area contributed by atoms with Crippen LogP contribution in [0.5, 0.6) is 5.75 Å². The second kappa shape index (κ2) is 8.73. The lowest BCUT2D eigenvalue weighted by atomic mass is 10.00. The van der Waals surface area contributed by atoms with Gasteiger partial charge in [-0.1, -0.05) is 6.07 Å². The third-order valence-corrected chi connectivity index (χ3v) is 6.24. The molecule has 1 fully saturated rings. The Hall–Kier alpha value is -3.43. The highest BCUT2D eigenvalue weighted by Crippen LogP contribution is 2.39. The molecule has 0 spiro atoms. The highest BCUT2D eigenvalue weighted by atomic mass is 16.5. The molecule has 0 bridgehead atoms. The zero-order chi connectivity index (χ0) is 23.9. The minimum absolute atomic E-state index is 0.294. The molecule has 0 saturated carbocycles. The minimum atomic E-state index is -1.23. The van der Waals surface area contributed by atoms with Gasteiger partial charge in [-0.25, -0.2) is 15.0 Å². The summed E-state index contributed by atoms with van der Waals surface area (Å²) < 4.78 is 17.0. The van der Waals surface area contributed by atoms with Crippen LogP contribution in [0.4, 0.5) is 11.5 Å². The summed E-state index contributed by atoms with van der Waals surface area (Å²) in [4.78, 5) is 13.8. The van der Waals surface area contributed by atoms with Gasteiger partial charge in [0.1, 0.15) is 5.75 Å². The van der Waals surface area contributed by atoms with E-state index in [0.29, 0.717) is 29.0 Å². The van der Waals surface area contributed by atoms with Gasteiger partial charge in [0.05, 0.1) is 24.1 Å². The lowest BCUT2D eigenvalue weighted by Crippen LogP contribution is -2.45. The van der Waals surface area contributed by atoms with Gasteiger partial charge in [0.15, 0.2) is 17.5 Å². The molecule has 4 heterocycles. The number of anilines is 2. The zero-order valence-corrected chi connectivity index (χ0v) is 19.9. The number of methoxy groups -OCH3 is 1. The van der Waals surface area contributed by atoms with Gasteiger partial charge in [-0.05, 0) is 44.9 Å². The van der Waals surface area contributed by atoms with Crippen molar-refractivity contribution in [2.45, 2.75) is 45.4 Å². The van der Waals surface area contributed by atoms with E-state index in [1.165, 1.54) is 0 Å². The molecule has 2 aromatic heterocycles. The van der Waals surface area contributed by atoms with Gasteiger partial charge in [0.25, 0.3) is 0 Å². The Morgan fingerprint density at radius 3 is 2.65 bits per heavy atom. The molecule has 3 aromatic rings. The predicted octanol–water partition coefficient (Wildman–Crippen LogP) is 3.87. The molecule has 4 N–H and O–H groups in total. The Balaban J connectivity index is 1.50. The fourth-order valence-corrected chi connectivity index (χ4v) is 4.55. The van der Waals surface area contributed by atoms with E-state index in [-0.39, 0.29) is 0 Å². The van der Waals surface area contributed by atoms with Crippen molar-refractivity contribution < 1.29 is 13.9 Å². The number of rotatable bonds is 5. The molecular weight excluding hydrogens is 432 g/mol. The highest BCUT2D eigenvalue weighted by Gasteiger charge is 2.35. The molecule has 9 heteroatoms. The summed E-state index contributed by atoms with van der Waals surface area (Å²) in [6.07, 6.45) is 3.66. The number of benzene rings is 1. The van der Waals surface area contributed by atoms with E-state index >= 15 is 0 Å². The van der Waals surface area contributed by atoms with Crippen LogP contribution in [0.2, 0.25) is 0 Å². The van der Waals surface area contributed by atoms with Crippen molar-refractivity contribution in [1.29, 1.82) is 0 Å². The van der Waals surface area contributed by atoms with Gasteiger partial charge in [-0.3, -0.25) is 5.73 Å². The normalized spacial score (nSPS) is 20.0. The molecule has 1 saturated heterocycles. The van der Waals surface area contributed by atoms with Crippen molar-refractivity contribution >= 4 is 17.7 Å². The van der Waals surface area contributed by atoms with E-state index in [1.54, 1.807) is 13.3 Å². The Kier molecular flexibility index (Phi) is 5.75. The van der Waals surface area contributed by atoms with E-state index in [2.05, 4.69) is 20.6 Å². The third-order valence-electron chi connectivity index (χ3n) is 6.24. The van der Waals surface area contributed by atoms with Crippen LogP contribution in [0.1, 0.15) is 41.2 Å². The number of pyridine rings is 1. The topological polar surface area (TPSA) is 120 Å².